The lowest BCUT2D eigenvalue weighted by molar-refractivity contribution is -0.385. The fourth-order valence-electron chi connectivity index (χ4n) is 2.10. The first-order valence-electron chi connectivity index (χ1n) is 7.17. The summed E-state index contributed by atoms with van der Waals surface area (Å²) in [6.07, 6.45) is 4.17. The van der Waals surface area contributed by atoms with Crippen LogP contribution in [0.1, 0.15) is 45.1 Å². The molecule has 1 rings (SSSR count). The Balaban J connectivity index is 2.76. The van der Waals surface area contributed by atoms with Gasteiger partial charge in [-0.25, -0.2) is 0 Å². The van der Waals surface area contributed by atoms with Crippen molar-refractivity contribution in [1.29, 1.82) is 0 Å². The van der Waals surface area contributed by atoms with Gasteiger partial charge in [0.25, 0.3) is 5.69 Å². The van der Waals surface area contributed by atoms with Crippen LogP contribution in [0.2, 0.25) is 0 Å². The van der Waals surface area contributed by atoms with E-state index in [-0.39, 0.29) is 23.9 Å². The number of non-ortho nitro benzene ring substituents is 1. The van der Waals surface area contributed by atoms with Crippen molar-refractivity contribution in [2.45, 2.75) is 46.1 Å². The average molecular weight is 294 g/mol. The van der Waals surface area contributed by atoms with Crippen LogP contribution in [0, 0.1) is 10.1 Å². The van der Waals surface area contributed by atoms with Gasteiger partial charge < -0.3 is 10.0 Å². The van der Waals surface area contributed by atoms with Crippen LogP contribution < -0.4 is 0 Å². The third kappa shape index (κ3) is 5.41. The molecule has 0 aromatic heterocycles. The number of carbonyl (C=O) groups excluding carboxylic acids is 1. The van der Waals surface area contributed by atoms with Crippen LogP contribution in [-0.4, -0.2) is 27.4 Å². The lowest BCUT2D eigenvalue weighted by atomic mass is 10.1. The Kier molecular flexibility index (Phi) is 6.65. The molecule has 0 fully saturated rings. The molecule has 1 N–H and O–H groups in total. The fourth-order valence-corrected chi connectivity index (χ4v) is 2.10. The molecule has 0 radical (unpaired) electrons. The number of nitro groups is 1. The van der Waals surface area contributed by atoms with Crippen molar-refractivity contribution in [3.63, 3.8) is 0 Å². The van der Waals surface area contributed by atoms with Crippen LogP contribution in [0.15, 0.2) is 18.2 Å². The van der Waals surface area contributed by atoms with Gasteiger partial charge in [0, 0.05) is 37.7 Å². The highest BCUT2D eigenvalue weighted by Crippen LogP contribution is 2.24. The monoisotopic (exact) mass is 294 g/mol. The van der Waals surface area contributed by atoms with Crippen molar-refractivity contribution in [2.75, 3.05) is 6.54 Å². The Morgan fingerprint density at radius 3 is 2.62 bits per heavy atom. The number of aromatic hydroxyl groups is 1. The normalized spacial score (nSPS) is 10.4. The van der Waals surface area contributed by atoms with Crippen molar-refractivity contribution < 1.29 is 14.8 Å². The second-order valence-corrected chi connectivity index (χ2v) is 5.07. The highest BCUT2D eigenvalue weighted by atomic mass is 16.6. The van der Waals surface area contributed by atoms with E-state index in [0.717, 1.165) is 25.7 Å². The molecule has 116 valence electrons. The number of unbranched alkanes of at least 4 members (excludes halogenated alkanes) is 3. The van der Waals surface area contributed by atoms with E-state index in [1.807, 2.05) is 0 Å². The van der Waals surface area contributed by atoms with E-state index in [0.29, 0.717) is 12.1 Å². The predicted molar refractivity (Wildman–Crippen MR) is 80.0 cm³/mol. The molecule has 0 unspecified atom stereocenters. The molecule has 0 heterocycles. The van der Waals surface area contributed by atoms with Crippen molar-refractivity contribution in [3.05, 3.63) is 33.9 Å². The fraction of sp³-hybridized carbons (Fsp3) is 0.533. The molecule has 1 aromatic carbocycles. The van der Waals surface area contributed by atoms with E-state index < -0.39 is 4.92 Å². The predicted octanol–water partition coefficient (Wildman–Crippen LogP) is 3.23. The maximum Gasteiger partial charge on any atom is 0.270 e. The van der Waals surface area contributed by atoms with E-state index in [1.165, 1.54) is 25.1 Å². The Morgan fingerprint density at radius 1 is 1.33 bits per heavy atom. The summed E-state index contributed by atoms with van der Waals surface area (Å²) in [5, 5.41) is 20.6. The highest BCUT2D eigenvalue weighted by molar-refractivity contribution is 5.73. The number of phenolic OH excluding ortho intramolecular Hbond substituents is 1. The van der Waals surface area contributed by atoms with Gasteiger partial charge in [-0.2, -0.15) is 0 Å². The van der Waals surface area contributed by atoms with Crippen LogP contribution in [0.5, 0.6) is 5.75 Å². The van der Waals surface area contributed by atoms with Gasteiger partial charge in [-0.05, 0) is 12.5 Å². The number of nitro benzene ring substituents is 1. The van der Waals surface area contributed by atoms with Crippen molar-refractivity contribution in [3.8, 4) is 5.75 Å². The molecule has 1 aromatic rings. The molecule has 0 aliphatic heterocycles. The van der Waals surface area contributed by atoms with Crippen LogP contribution in [-0.2, 0) is 11.3 Å². The summed E-state index contributed by atoms with van der Waals surface area (Å²) in [5.74, 6) is -0.127. The molecule has 1 amide bonds. The quantitative estimate of drug-likeness (QED) is 0.453. The van der Waals surface area contributed by atoms with Crippen LogP contribution >= 0.6 is 0 Å². The number of amides is 1. The minimum atomic E-state index is -0.512. The zero-order chi connectivity index (χ0) is 15.8. The SMILES string of the molecule is CCCCCCN(Cc1cc([N+](=O)[O-])ccc1O)C(C)=O. The molecule has 6 nitrogen and oxygen atoms in total. The summed E-state index contributed by atoms with van der Waals surface area (Å²) in [5.41, 5.74) is 0.312. The summed E-state index contributed by atoms with van der Waals surface area (Å²) >= 11 is 0. The third-order valence-corrected chi connectivity index (χ3v) is 3.36. The summed E-state index contributed by atoms with van der Waals surface area (Å²) in [6.45, 7) is 4.37. The largest absolute Gasteiger partial charge is 0.508 e. The number of nitrogens with zero attached hydrogens (tertiary/aromatic N) is 2. The van der Waals surface area contributed by atoms with Crippen molar-refractivity contribution in [2.24, 2.45) is 0 Å². The number of rotatable bonds is 8. The Labute approximate surface area is 124 Å². The van der Waals surface area contributed by atoms with Gasteiger partial charge in [0.1, 0.15) is 5.75 Å². The number of hydrogen-bond donors (Lipinski definition) is 1. The summed E-state index contributed by atoms with van der Waals surface area (Å²) in [6, 6.07) is 3.86. The molecular formula is C15H22N2O4. The zero-order valence-corrected chi connectivity index (χ0v) is 12.5. The minimum absolute atomic E-state index is 0.0274. The van der Waals surface area contributed by atoms with Gasteiger partial charge in [-0.3, -0.25) is 14.9 Å². The Hall–Kier alpha value is -2.11. The highest BCUT2D eigenvalue weighted by Gasteiger charge is 2.15. The van der Waals surface area contributed by atoms with Gasteiger partial charge in [0.05, 0.1) is 4.92 Å². The topological polar surface area (TPSA) is 83.7 Å². The van der Waals surface area contributed by atoms with Crippen LogP contribution in [0.25, 0.3) is 0 Å². The maximum atomic E-state index is 11.7. The van der Waals surface area contributed by atoms with Gasteiger partial charge in [0.15, 0.2) is 0 Å². The lowest BCUT2D eigenvalue weighted by Crippen LogP contribution is -2.29. The molecule has 0 saturated carbocycles. The molecule has 0 saturated heterocycles. The second-order valence-electron chi connectivity index (χ2n) is 5.07. The van der Waals surface area contributed by atoms with E-state index >= 15 is 0 Å². The van der Waals surface area contributed by atoms with Gasteiger partial charge in [-0.15, -0.1) is 0 Å². The maximum absolute atomic E-state index is 11.7. The van der Waals surface area contributed by atoms with E-state index in [2.05, 4.69) is 6.92 Å². The smallest absolute Gasteiger partial charge is 0.270 e. The molecule has 0 spiro atoms. The molecular weight excluding hydrogens is 272 g/mol. The standard InChI is InChI=1S/C15H22N2O4/c1-3-4-5-6-9-16(12(2)18)11-13-10-14(17(20)21)7-8-15(13)19/h7-8,10,19H,3-6,9,11H2,1-2H3. The molecule has 0 aliphatic rings. The molecule has 0 bridgehead atoms. The molecule has 0 atom stereocenters. The lowest BCUT2D eigenvalue weighted by Gasteiger charge is -2.21. The summed E-state index contributed by atoms with van der Waals surface area (Å²) in [4.78, 5) is 23.5. The van der Waals surface area contributed by atoms with E-state index in [1.54, 1.807) is 4.90 Å². The summed E-state index contributed by atoms with van der Waals surface area (Å²) in [7, 11) is 0. The number of hydrogen-bond acceptors (Lipinski definition) is 4. The van der Waals surface area contributed by atoms with Gasteiger partial charge in [0.2, 0.25) is 5.91 Å². The number of phenols is 1. The van der Waals surface area contributed by atoms with Crippen molar-refractivity contribution >= 4 is 11.6 Å². The second kappa shape index (κ2) is 8.24. The zero-order valence-electron chi connectivity index (χ0n) is 12.5. The first kappa shape index (κ1) is 16.9. The first-order valence-corrected chi connectivity index (χ1v) is 7.17. The third-order valence-electron chi connectivity index (χ3n) is 3.36. The van der Waals surface area contributed by atoms with E-state index in [9.17, 15) is 20.0 Å². The number of benzene rings is 1. The van der Waals surface area contributed by atoms with Crippen molar-refractivity contribution in [1.82, 2.24) is 4.90 Å². The Morgan fingerprint density at radius 2 is 2.05 bits per heavy atom. The van der Waals surface area contributed by atoms with Gasteiger partial charge in [-0.1, -0.05) is 26.2 Å². The average Bonchev–Trinajstić information content (AvgIpc) is 2.43. The van der Waals surface area contributed by atoms with Crippen LogP contribution in [0.4, 0.5) is 5.69 Å². The van der Waals surface area contributed by atoms with Crippen LogP contribution in [0.3, 0.4) is 0 Å². The number of carbonyl (C=O) groups is 1. The molecule has 21 heavy (non-hydrogen) atoms. The molecule has 6 heteroatoms. The molecule has 0 aliphatic carbocycles. The summed E-state index contributed by atoms with van der Waals surface area (Å²) < 4.78 is 0. The Bertz CT molecular complexity index is 502. The van der Waals surface area contributed by atoms with Gasteiger partial charge >= 0.3 is 0 Å². The van der Waals surface area contributed by atoms with E-state index in [4.69, 9.17) is 0 Å². The first-order chi connectivity index (χ1) is 9.95. The minimum Gasteiger partial charge on any atom is -0.508 e.